The molecular formula is C14H18F3NO. The molecule has 0 spiro atoms. The Kier molecular flexibility index (Phi) is 4.28. The van der Waals surface area contributed by atoms with Gasteiger partial charge in [-0.05, 0) is 24.6 Å². The van der Waals surface area contributed by atoms with Crippen LogP contribution in [0.25, 0.3) is 0 Å². The number of carbonyl (C=O) groups is 1. The van der Waals surface area contributed by atoms with E-state index in [1.807, 2.05) is 0 Å². The Morgan fingerprint density at radius 3 is 1.95 bits per heavy atom. The SMILES string of the molecule is C[C@H](NC(=O)C(C)(C)C)c1ccc(C(F)(F)F)cc1. The van der Waals surface area contributed by atoms with Gasteiger partial charge in [0.05, 0.1) is 11.6 Å². The first-order valence-corrected chi connectivity index (χ1v) is 6.00. The second kappa shape index (κ2) is 5.23. The molecule has 1 aromatic carbocycles. The van der Waals surface area contributed by atoms with Gasteiger partial charge in [0.15, 0.2) is 0 Å². The quantitative estimate of drug-likeness (QED) is 0.869. The van der Waals surface area contributed by atoms with Crippen molar-refractivity contribution < 1.29 is 18.0 Å². The van der Waals surface area contributed by atoms with Gasteiger partial charge < -0.3 is 5.32 Å². The number of carbonyl (C=O) groups excluding carboxylic acids is 1. The number of nitrogens with one attached hydrogen (secondary N) is 1. The van der Waals surface area contributed by atoms with Gasteiger partial charge in [0.1, 0.15) is 0 Å². The third kappa shape index (κ3) is 4.26. The molecule has 0 bridgehead atoms. The normalized spacial score (nSPS) is 14.1. The van der Waals surface area contributed by atoms with Crippen LogP contribution in [0.5, 0.6) is 0 Å². The van der Waals surface area contributed by atoms with E-state index in [9.17, 15) is 18.0 Å². The van der Waals surface area contributed by atoms with Crippen LogP contribution in [0.4, 0.5) is 13.2 Å². The Hall–Kier alpha value is -1.52. The fraction of sp³-hybridized carbons (Fsp3) is 0.500. The molecule has 106 valence electrons. The maximum absolute atomic E-state index is 12.4. The summed E-state index contributed by atoms with van der Waals surface area (Å²) < 4.78 is 37.3. The molecule has 5 heteroatoms. The summed E-state index contributed by atoms with van der Waals surface area (Å²) in [5.74, 6) is -0.139. The Balaban J connectivity index is 2.79. The summed E-state index contributed by atoms with van der Waals surface area (Å²) in [7, 11) is 0. The van der Waals surface area contributed by atoms with Crippen molar-refractivity contribution in [2.45, 2.75) is 39.9 Å². The average Bonchev–Trinajstić information content (AvgIpc) is 2.26. The lowest BCUT2D eigenvalue weighted by molar-refractivity contribution is -0.137. The minimum atomic E-state index is -4.34. The van der Waals surface area contributed by atoms with Gasteiger partial charge in [-0.25, -0.2) is 0 Å². The van der Waals surface area contributed by atoms with E-state index in [1.165, 1.54) is 12.1 Å². The van der Waals surface area contributed by atoms with E-state index in [0.29, 0.717) is 5.56 Å². The Labute approximate surface area is 111 Å². The highest BCUT2D eigenvalue weighted by Crippen LogP contribution is 2.30. The first kappa shape index (κ1) is 15.5. The fourth-order valence-electron chi connectivity index (χ4n) is 1.46. The molecule has 0 aliphatic heterocycles. The van der Waals surface area contributed by atoms with E-state index < -0.39 is 17.2 Å². The van der Waals surface area contributed by atoms with Crippen molar-refractivity contribution in [2.24, 2.45) is 5.41 Å². The number of rotatable bonds is 2. The predicted molar refractivity (Wildman–Crippen MR) is 67.5 cm³/mol. The molecule has 0 radical (unpaired) electrons. The van der Waals surface area contributed by atoms with Crippen molar-refractivity contribution >= 4 is 5.91 Å². The first-order valence-electron chi connectivity index (χ1n) is 6.00. The van der Waals surface area contributed by atoms with Gasteiger partial charge in [0.25, 0.3) is 0 Å². The zero-order valence-electron chi connectivity index (χ0n) is 11.4. The highest BCUT2D eigenvalue weighted by molar-refractivity contribution is 5.81. The van der Waals surface area contributed by atoms with Crippen LogP contribution in [0.15, 0.2) is 24.3 Å². The molecule has 0 fully saturated rings. The van der Waals surface area contributed by atoms with Crippen molar-refractivity contribution in [1.29, 1.82) is 0 Å². The molecule has 0 unspecified atom stereocenters. The van der Waals surface area contributed by atoms with Crippen LogP contribution in [0.2, 0.25) is 0 Å². The van der Waals surface area contributed by atoms with Gasteiger partial charge in [-0.1, -0.05) is 32.9 Å². The lowest BCUT2D eigenvalue weighted by Crippen LogP contribution is -2.36. The molecular weight excluding hydrogens is 255 g/mol. The molecule has 1 N–H and O–H groups in total. The maximum atomic E-state index is 12.4. The molecule has 2 nitrogen and oxygen atoms in total. The largest absolute Gasteiger partial charge is 0.416 e. The van der Waals surface area contributed by atoms with E-state index in [4.69, 9.17) is 0 Å². The van der Waals surface area contributed by atoms with E-state index in [-0.39, 0.29) is 11.9 Å². The number of hydrogen-bond acceptors (Lipinski definition) is 1. The van der Waals surface area contributed by atoms with Crippen LogP contribution in [-0.2, 0) is 11.0 Å². The molecule has 1 aromatic rings. The molecule has 19 heavy (non-hydrogen) atoms. The maximum Gasteiger partial charge on any atom is 0.416 e. The highest BCUT2D eigenvalue weighted by Gasteiger charge is 2.30. The third-order valence-electron chi connectivity index (χ3n) is 2.77. The molecule has 0 aliphatic rings. The lowest BCUT2D eigenvalue weighted by atomic mass is 9.94. The second-order valence-electron chi connectivity index (χ2n) is 5.56. The Morgan fingerprint density at radius 2 is 1.58 bits per heavy atom. The number of halogens is 3. The molecule has 0 aliphatic carbocycles. The second-order valence-corrected chi connectivity index (χ2v) is 5.56. The highest BCUT2D eigenvalue weighted by atomic mass is 19.4. The molecule has 1 rings (SSSR count). The summed E-state index contributed by atoms with van der Waals surface area (Å²) in [6.45, 7) is 7.08. The van der Waals surface area contributed by atoms with E-state index in [1.54, 1.807) is 27.7 Å². The summed E-state index contributed by atoms with van der Waals surface area (Å²) in [5, 5.41) is 2.77. The number of amides is 1. The average molecular weight is 273 g/mol. The van der Waals surface area contributed by atoms with Gasteiger partial charge in [0.2, 0.25) is 5.91 Å². The monoisotopic (exact) mass is 273 g/mol. The van der Waals surface area contributed by atoms with Gasteiger partial charge in [-0.2, -0.15) is 13.2 Å². The van der Waals surface area contributed by atoms with E-state index >= 15 is 0 Å². The van der Waals surface area contributed by atoms with Crippen LogP contribution < -0.4 is 5.32 Å². The summed E-state index contributed by atoms with van der Waals surface area (Å²) in [6.07, 6.45) is -4.34. The molecule has 0 saturated heterocycles. The minimum Gasteiger partial charge on any atom is -0.349 e. The van der Waals surface area contributed by atoms with Gasteiger partial charge in [-0.3, -0.25) is 4.79 Å². The summed E-state index contributed by atoms with van der Waals surface area (Å²) in [5.41, 5.74) is -0.573. The van der Waals surface area contributed by atoms with Crippen molar-refractivity contribution in [3.05, 3.63) is 35.4 Å². The standard InChI is InChI=1S/C14H18F3NO/c1-9(18-12(19)13(2,3)4)10-5-7-11(8-6-10)14(15,16)17/h5-9H,1-4H3,(H,18,19)/t9-/m0/s1. The summed E-state index contributed by atoms with van der Waals surface area (Å²) in [4.78, 5) is 11.8. The third-order valence-corrected chi connectivity index (χ3v) is 2.77. The summed E-state index contributed by atoms with van der Waals surface area (Å²) in [6, 6.07) is 4.49. The molecule has 1 atom stereocenters. The topological polar surface area (TPSA) is 29.1 Å². The number of benzene rings is 1. The van der Waals surface area contributed by atoms with Crippen molar-refractivity contribution in [3.63, 3.8) is 0 Å². The van der Waals surface area contributed by atoms with Crippen LogP contribution in [0.1, 0.15) is 44.9 Å². The zero-order valence-corrected chi connectivity index (χ0v) is 11.4. The van der Waals surface area contributed by atoms with Crippen molar-refractivity contribution in [3.8, 4) is 0 Å². The van der Waals surface area contributed by atoms with E-state index in [2.05, 4.69) is 5.32 Å². The van der Waals surface area contributed by atoms with Gasteiger partial charge in [0, 0.05) is 5.41 Å². The smallest absolute Gasteiger partial charge is 0.349 e. The van der Waals surface area contributed by atoms with Crippen LogP contribution in [0, 0.1) is 5.41 Å². The molecule has 0 aromatic heterocycles. The zero-order chi connectivity index (χ0) is 14.8. The van der Waals surface area contributed by atoms with Crippen molar-refractivity contribution in [2.75, 3.05) is 0 Å². The minimum absolute atomic E-state index is 0.139. The van der Waals surface area contributed by atoms with Gasteiger partial charge in [-0.15, -0.1) is 0 Å². The van der Waals surface area contributed by atoms with E-state index in [0.717, 1.165) is 12.1 Å². The Bertz CT molecular complexity index is 443. The van der Waals surface area contributed by atoms with Crippen LogP contribution >= 0.6 is 0 Å². The lowest BCUT2D eigenvalue weighted by Gasteiger charge is -2.22. The van der Waals surface area contributed by atoms with Crippen LogP contribution in [-0.4, -0.2) is 5.91 Å². The number of alkyl halides is 3. The molecule has 0 saturated carbocycles. The fourth-order valence-corrected chi connectivity index (χ4v) is 1.46. The molecule has 1 amide bonds. The molecule has 0 heterocycles. The predicted octanol–water partition coefficient (Wildman–Crippen LogP) is 3.93. The summed E-state index contributed by atoms with van der Waals surface area (Å²) >= 11 is 0. The Morgan fingerprint density at radius 1 is 1.11 bits per heavy atom. The number of hydrogen-bond donors (Lipinski definition) is 1. The van der Waals surface area contributed by atoms with Gasteiger partial charge >= 0.3 is 6.18 Å². The van der Waals surface area contributed by atoms with Crippen LogP contribution in [0.3, 0.4) is 0 Å². The first-order chi connectivity index (χ1) is 8.51. The van der Waals surface area contributed by atoms with Crippen molar-refractivity contribution in [1.82, 2.24) is 5.32 Å².